The van der Waals surface area contributed by atoms with Crippen molar-refractivity contribution in [3.05, 3.63) is 77.5 Å². The van der Waals surface area contributed by atoms with Gasteiger partial charge in [-0.25, -0.2) is 0 Å². The summed E-state index contributed by atoms with van der Waals surface area (Å²) in [7, 11) is 3.21. The van der Waals surface area contributed by atoms with Gasteiger partial charge < -0.3 is 19.3 Å². The first kappa shape index (κ1) is 21.3. The molecule has 0 unspecified atom stereocenters. The molecule has 0 saturated heterocycles. The summed E-state index contributed by atoms with van der Waals surface area (Å²) in [6.45, 7) is 4.42. The van der Waals surface area contributed by atoms with Gasteiger partial charge in [0.2, 0.25) is 0 Å². The first-order chi connectivity index (χ1) is 15.5. The lowest BCUT2D eigenvalue weighted by Crippen LogP contribution is -1.95. The highest BCUT2D eigenvalue weighted by Crippen LogP contribution is 2.41. The molecule has 0 bridgehead atoms. The maximum atomic E-state index is 10.8. The molecule has 0 aliphatic heterocycles. The van der Waals surface area contributed by atoms with E-state index in [4.69, 9.17) is 14.2 Å². The van der Waals surface area contributed by atoms with Gasteiger partial charge in [0, 0.05) is 22.9 Å². The SMILES string of the molecule is COc1ccc(-c2c(-c3ccc(OCc4ccc(C)cc4)cc3O)n[nH]c2C)cc1OC. The number of aromatic amines is 1. The Hall–Kier alpha value is -3.93. The Balaban J connectivity index is 1.63. The monoisotopic (exact) mass is 430 g/mol. The highest BCUT2D eigenvalue weighted by atomic mass is 16.5. The molecule has 2 N–H and O–H groups in total. The molecule has 0 amide bonds. The number of aromatic nitrogens is 2. The molecule has 164 valence electrons. The molecule has 32 heavy (non-hydrogen) atoms. The van der Waals surface area contributed by atoms with E-state index >= 15 is 0 Å². The second kappa shape index (κ2) is 9.06. The van der Waals surface area contributed by atoms with Gasteiger partial charge >= 0.3 is 0 Å². The number of benzene rings is 3. The zero-order chi connectivity index (χ0) is 22.7. The van der Waals surface area contributed by atoms with E-state index in [2.05, 4.69) is 29.3 Å². The van der Waals surface area contributed by atoms with E-state index in [0.29, 0.717) is 35.1 Å². The first-order valence-corrected chi connectivity index (χ1v) is 10.3. The van der Waals surface area contributed by atoms with Crippen molar-refractivity contribution in [1.29, 1.82) is 0 Å². The summed E-state index contributed by atoms with van der Waals surface area (Å²) >= 11 is 0. The van der Waals surface area contributed by atoms with Gasteiger partial charge in [0.1, 0.15) is 23.8 Å². The molecule has 0 saturated carbocycles. The van der Waals surface area contributed by atoms with Gasteiger partial charge in [-0.1, -0.05) is 35.9 Å². The van der Waals surface area contributed by atoms with E-state index in [0.717, 1.165) is 22.4 Å². The summed E-state index contributed by atoms with van der Waals surface area (Å²) in [6, 6.07) is 19.1. The summed E-state index contributed by atoms with van der Waals surface area (Å²) in [6.07, 6.45) is 0. The van der Waals surface area contributed by atoms with Crippen LogP contribution in [-0.2, 0) is 6.61 Å². The molecule has 1 aromatic heterocycles. The van der Waals surface area contributed by atoms with Gasteiger partial charge in [-0.3, -0.25) is 5.10 Å². The number of hydrogen-bond donors (Lipinski definition) is 2. The summed E-state index contributed by atoms with van der Waals surface area (Å²) in [5.41, 5.74) is 6.20. The molecule has 1 heterocycles. The lowest BCUT2D eigenvalue weighted by Gasteiger charge is -2.12. The summed E-state index contributed by atoms with van der Waals surface area (Å²) in [5, 5.41) is 18.2. The van der Waals surface area contributed by atoms with E-state index in [1.165, 1.54) is 5.56 Å². The number of hydrogen-bond acceptors (Lipinski definition) is 5. The Morgan fingerprint density at radius 3 is 2.31 bits per heavy atom. The highest BCUT2D eigenvalue weighted by molar-refractivity contribution is 5.86. The lowest BCUT2D eigenvalue weighted by atomic mass is 9.98. The number of aryl methyl sites for hydroxylation is 2. The Bertz CT molecular complexity index is 1230. The van der Waals surface area contributed by atoms with Gasteiger partial charge in [-0.15, -0.1) is 0 Å². The maximum absolute atomic E-state index is 10.8. The van der Waals surface area contributed by atoms with Gasteiger partial charge in [-0.05, 0) is 49.2 Å². The summed E-state index contributed by atoms with van der Waals surface area (Å²) < 4.78 is 16.7. The molecule has 4 aromatic rings. The van der Waals surface area contributed by atoms with Crippen LogP contribution in [0.15, 0.2) is 60.7 Å². The van der Waals surface area contributed by atoms with Crippen molar-refractivity contribution in [2.45, 2.75) is 20.5 Å². The lowest BCUT2D eigenvalue weighted by molar-refractivity contribution is 0.304. The zero-order valence-electron chi connectivity index (χ0n) is 18.6. The van der Waals surface area contributed by atoms with Crippen molar-refractivity contribution in [2.24, 2.45) is 0 Å². The number of phenolic OH excluding ortho intramolecular Hbond substituents is 1. The van der Waals surface area contributed by atoms with E-state index in [1.54, 1.807) is 20.3 Å². The number of phenols is 1. The number of H-pyrrole nitrogens is 1. The van der Waals surface area contributed by atoms with Gasteiger partial charge in [0.05, 0.1) is 14.2 Å². The van der Waals surface area contributed by atoms with E-state index < -0.39 is 0 Å². The van der Waals surface area contributed by atoms with Crippen LogP contribution in [-0.4, -0.2) is 29.5 Å². The van der Waals surface area contributed by atoms with Crippen LogP contribution in [0.3, 0.4) is 0 Å². The van der Waals surface area contributed by atoms with Crippen LogP contribution in [0.25, 0.3) is 22.4 Å². The number of aromatic hydroxyl groups is 1. The second-order valence-corrected chi connectivity index (χ2v) is 7.60. The molecule has 4 rings (SSSR count). The normalized spacial score (nSPS) is 10.8. The Labute approximate surface area is 187 Å². The number of ether oxygens (including phenoxy) is 3. The third-order valence-electron chi connectivity index (χ3n) is 5.37. The number of methoxy groups -OCH3 is 2. The minimum atomic E-state index is 0.0969. The van der Waals surface area contributed by atoms with Crippen molar-refractivity contribution in [3.63, 3.8) is 0 Å². The Morgan fingerprint density at radius 2 is 1.62 bits per heavy atom. The number of rotatable bonds is 7. The average Bonchev–Trinajstić information content (AvgIpc) is 3.19. The van der Waals surface area contributed by atoms with Crippen LogP contribution < -0.4 is 14.2 Å². The minimum Gasteiger partial charge on any atom is -0.507 e. The smallest absolute Gasteiger partial charge is 0.161 e. The van der Waals surface area contributed by atoms with Crippen LogP contribution in [0.5, 0.6) is 23.0 Å². The standard InChI is InChI=1S/C26H26N2O4/c1-16-5-7-18(8-6-16)15-32-20-10-11-21(22(29)14-20)26-25(17(2)27-28-26)19-9-12-23(30-3)24(13-19)31-4/h5-14,29H,15H2,1-4H3,(H,27,28). The number of nitrogens with zero attached hydrogens (tertiary/aromatic N) is 1. The molecule has 0 spiro atoms. The highest BCUT2D eigenvalue weighted by Gasteiger charge is 2.19. The topological polar surface area (TPSA) is 76.6 Å². The fraction of sp³-hybridized carbons (Fsp3) is 0.192. The molecular formula is C26H26N2O4. The van der Waals surface area contributed by atoms with Crippen molar-refractivity contribution >= 4 is 0 Å². The predicted molar refractivity (Wildman–Crippen MR) is 124 cm³/mol. The van der Waals surface area contributed by atoms with Gasteiger partial charge in [0.25, 0.3) is 0 Å². The van der Waals surface area contributed by atoms with Crippen LogP contribution in [0.1, 0.15) is 16.8 Å². The largest absolute Gasteiger partial charge is 0.507 e. The molecular weight excluding hydrogens is 404 g/mol. The summed E-state index contributed by atoms with van der Waals surface area (Å²) in [4.78, 5) is 0. The Kier molecular flexibility index (Phi) is 6.03. The van der Waals surface area contributed by atoms with Crippen LogP contribution >= 0.6 is 0 Å². The third-order valence-corrected chi connectivity index (χ3v) is 5.37. The molecule has 0 atom stereocenters. The van der Waals surface area contributed by atoms with Crippen molar-refractivity contribution in [2.75, 3.05) is 14.2 Å². The molecule has 0 radical (unpaired) electrons. The van der Waals surface area contributed by atoms with Crippen molar-refractivity contribution < 1.29 is 19.3 Å². The van der Waals surface area contributed by atoms with E-state index in [9.17, 15) is 5.11 Å². The first-order valence-electron chi connectivity index (χ1n) is 10.3. The van der Waals surface area contributed by atoms with Crippen molar-refractivity contribution in [3.8, 4) is 45.4 Å². The zero-order valence-corrected chi connectivity index (χ0v) is 18.6. The quantitative estimate of drug-likeness (QED) is 0.395. The third kappa shape index (κ3) is 4.25. The fourth-order valence-electron chi connectivity index (χ4n) is 3.62. The van der Waals surface area contributed by atoms with Crippen LogP contribution in [0.2, 0.25) is 0 Å². The molecule has 0 fully saturated rings. The molecule has 0 aliphatic carbocycles. The van der Waals surface area contributed by atoms with Gasteiger partial charge in [0.15, 0.2) is 11.5 Å². The van der Waals surface area contributed by atoms with E-state index in [-0.39, 0.29) is 5.75 Å². The van der Waals surface area contributed by atoms with Crippen LogP contribution in [0.4, 0.5) is 0 Å². The second-order valence-electron chi connectivity index (χ2n) is 7.60. The number of nitrogens with one attached hydrogen (secondary N) is 1. The minimum absolute atomic E-state index is 0.0969. The summed E-state index contributed by atoms with van der Waals surface area (Å²) in [5.74, 6) is 1.96. The van der Waals surface area contributed by atoms with Crippen LogP contribution in [0, 0.1) is 13.8 Å². The molecule has 3 aromatic carbocycles. The van der Waals surface area contributed by atoms with Crippen molar-refractivity contribution in [1.82, 2.24) is 10.2 Å². The Morgan fingerprint density at radius 1 is 0.875 bits per heavy atom. The molecule has 0 aliphatic rings. The average molecular weight is 431 g/mol. The fourth-order valence-corrected chi connectivity index (χ4v) is 3.62. The maximum Gasteiger partial charge on any atom is 0.161 e. The van der Waals surface area contributed by atoms with E-state index in [1.807, 2.05) is 49.4 Å². The van der Waals surface area contributed by atoms with Gasteiger partial charge in [-0.2, -0.15) is 5.10 Å². The molecule has 6 nitrogen and oxygen atoms in total. The molecule has 6 heteroatoms. The predicted octanol–water partition coefficient (Wildman–Crippen LogP) is 5.66.